The summed E-state index contributed by atoms with van der Waals surface area (Å²) in [5.41, 5.74) is 0.653. The molecule has 2 aromatic rings. The van der Waals surface area contributed by atoms with Crippen LogP contribution >= 0.6 is 0 Å². The largest absolute Gasteiger partial charge is 0.376 e. The second-order valence-corrected chi connectivity index (χ2v) is 11.2. The van der Waals surface area contributed by atoms with Crippen LogP contribution in [0.25, 0.3) is 0 Å². The molecular formula is C22H28FN3O4S. The first kappa shape index (κ1) is 20.9. The van der Waals surface area contributed by atoms with Gasteiger partial charge in [0.2, 0.25) is 0 Å². The smallest absolute Gasteiger partial charge is 0.324 e. The van der Waals surface area contributed by atoms with E-state index in [2.05, 4.69) is 15.0 Å². The first-order valence-electron chi connectivity index (χ1n) is 11.0. The number of nitrogens with zero attached hydrogens (tertiary/aromatic N) is 3. The molecular weight excluding hydrogens is 421 g/mol. The third-order valence-electron chi connectivity index (χ3n) is 6.76. The third-order valence-corrected chi connectivity index (χ3v) is 7.89. The zero-order chi connectivity index (χ0) is 21.6. The molecule has 0 unspecified atom stereocenters. The molecule has 1 aromatic heterocycles. The van der Waals surface area contributed by atoms with Crippen molar-refractivity contribution in [3.05, 3.63) is 35.4 Å². The summed E-state index contributed by atoms with van der Waals surface area (Å²) in [4.78, 5) is 6.50. The second-order valence-electron chi connectivity index (χ2n) is 9.25. The van der Waals surface area contributed by atoms with Crippen molar-refractivity contribution in [2.75, 3.05) is 30.9 Å². The van der Waals surface area contributed by atoms with Crippen LogP contribution in [-0.4, -0.2) is 44.5 Å². The van der Waals surface area contributed by atoms with Crippen LogP contribution in [-0.2, 0) is 21.2 Å². The number of ether oxygens (including phenoxy) is 1. The molecule has 1 aromatic carbocycles. The van der Waals surface area contributed by atoms with Crippen molar-refractivity contribution < 1.29 is 22.1 Å². The molecule has 2 aliphatic carbocycles. The molecule has 168 valence electrons. The number of hydrogen-bond donors (Lipinski definition) is 0. The van der Waals surface area contributed by atoms with Gasteiger partial charge >= 0.3 is 6.01 Å². The maximum absolute atomic E-state index is 14.0. The summed E-state index contributed by atoms with van der Waals surface area (Å²) in [6, 6.07) is 4.85. The first-order chi connectivity index (χ1) is 14.9. The SMILES string of the molecule is CS(=O)(=O)c1ccc(COC[C@@H]2C[C@@H]2C2CCN(c3nc(C4CC4)no3)CC2)cc1F. The van der Waals surface area contributed by atoms with Crippen LogP contribution in [0.4, 0.5) is 10.4 Å². The van der Waals surface area contributed by atoms with Crippen LogP contribution in [0.2, 0.25) is 0 Å². The second kappa shape index (κ2) is 8.16. The van der Waals surface area contributed by atoms with Gasteiger partial charge in [0.15, 0.2) is 15.7 Å². The summed E-state index contributed by atoms with van der Waals surface area (Å²) in [5.74, 6) is 2.60. The maximum atomic E-state index is 14.0. The highest BCUT2D eigenvalue weighted by Gasteiger charge is 2.44. The van der Waals surface area contributed by atoms with E-state index in [0.29, 0.717) is 48.5 Å². The van der Waals surface area contributed by atoms with Crippen LogP contribution in [0, 0.1) is 23.6 Å². The highest BCUT2D eigenvalue weighted by Crippen LogP contribution is 2.48. The number of halogens is 1. The number of aromatic nitrogens is 2. The fourth-order valence-electron chi connectivity index (χ4n) is 4.68. The van der Waals surface area contributed by atoms with Crippen molar-refractivity contribution in [2.24, 2.45) is 17.8 Å². The minimum absolute atomic E-state index is 0.269. The Morgan fingerprint density at radius 3 is 2.68 bits per heavy atom. The van der Waals surface area contributed by atoms with Gasteiger partial charge in [-0.05, 0) is 67.6 Å². The normalized spacial score (nSPS) is 24.5. The van der Waals surface area contributed by atoms with Gasteiger partial charge in [-0.2, -0.15) is 4.98 Å². The average molecular weight is 450 g/mol. The summed E-state index contributed by atoms with van der Waals surface area (Å²) in [6.45, 7) is 2.86. The third kappa shape index (κ3) is 4.77. The Kier molecular flexibility index (Phi) is 5.50. The summed E-state index contributed by atoms with van der Waals surface area (Å²) < 4.78 is 48.3. The Hall–Kier alpha value is -2.00. The summed E-state index contributed by atoms with van der Waals surface area (Å²) in [7, 11) is -3.55. The number of piperidine rings is 1. The number of rotatable bonds is 8. The molecule has 0 amide bonds. The summed E-state index contributed by atoms with van der Waals surface area (Å²) >= 11 is 0. The van der Waals surface area contributed by atoms with E-state index in [0.717, 1.165) is 38.0 Å². The van der Waals surface area contributed by atoms with Crippen molar-refractivity contribution in [2.45, 2.75) is 49.5 Å². The van der Waals surface area contributed by atoms with Crippen LogP contribution in [0.3, 0.4) is 0 Å². The molecule has 0 bridgehead atoms. The van der Waals surface area contributed by atoms with E-state index in [9.17, 15) is 12.8 Å². The molecule has 2 atom stereocenters. The number of sulfone groups is 1. The zero-order valence-electron chi connectivity index (χ0n) is 17.7. The Labute approximate surface area is 181 Å². The molecule has 5 rings (SSSR count). The van der Waals surface area contributed by atoms with Crippen molar-refractivity contribution in [1.82, 2.24) is 10.1 Å². The van der Waals surface area contributed by atoms with Crippen LogP contribution in [0.15, 0.2) is 27.6 Å². The van der Waals surface area contributed by atoms with E-state index in [1.807, 2.05) is 0 Å². The lowest BCUT2D eigenvalue weighted by Gasteiger charge is -2.30. The van der Waals surface area contributed by atoms with Gasteiger partial charge in [0.1, 0.15) is 10.7 Å². The van der Waals surface area contributed by atoms with Crippen molar-refractivity contribution >= 4 is 15.9 Å². The number of hydrogen-bond acceptors (Lipinski definition) is 7. The summed E-state index contributed by atoms with van der Waals surface area (Å²) in [6.07, 6.45) is 6.78. The fraction of sp³-hybridized carbons (Fsp3) is 0.636. The molecule has 9 heteroatoms. The van der Waals surface area contributed by atoms with E-state index in [1.54, 1.807) is 6.07 Å². The van der Waals surface area contributed by atoms with Gasteiger partial charge in [-0.15, -0.1) is 0 Å². The van der Waals surface area contributed by atoms with E-state index in [-0.39, 0.29) is 4.90 Å². The number of anilines is 1. The lowest BCUT2D eigenvalue weighted by Crippen LogP contribution is -2.34. The molecule has 0 radical (unpaired) electrons. The molecule has 3 fully saturated rings. The van der Waals surface area contributed by atoms with Gasteiger partial charge in [0, 0.05) is 25.3 Å². The predicted octanol–water partition coefficient (Wildman–Crippen LogP) is 3.56. The molecule has 2 heterocycles. The Morgan fingerprint density at radius 1 is 1.23 bits per heavy atom. The molecule has 31 heavy (non-hydrogen) atoms. The highest BCUT2D eigenvalue weighted by atomic mass is 32.2. The van der Waals surface area contributed by atoms with Crippen LogP contribution < -0.4 is 4.90 Å². The van der Waals surface area contributed by atoms with E-state index >= 15 is 0 Å². The average Bonchev–Trinajstić information content (AvgIpc) is 3.66. The minimum Gasteiger partial charge on any atom is -0.376 e. The molecule has 3 aliphatic rings. The maximum Gasteiger partial charge on any atom is 0.324 e. The van der Waals surface area contributed by atoms with Gasteiger partial charge in [0.05, 0.1) is 13.2 Å². The first-order valence-corrected chi connectivity index (χ1v) is 12.9. The number of benzene rings is 1. The van der Waals surface area contributed by atoms with Gasteiger partial charge < -0.3 is 14.2 Å². The van der Waals surface area contributed by atoms with Crippen molar-refractivity contribution in [3.63, 3.8) is 0 Å². The summed E-state index contributed by atoms with van der Waals surface area (Å²) in [5, 5.41) is 4.12. The monoisotopic (exact) mass is 449 g/mol. The van der Waals surface area contributed by atoms with Crippen molar-refractivity contribution in [3.8, 4) is 0 Å². The fourth-order valence-corrected chi connectivity index (χ4v) is 5.41. The lowest BCUT2D eigenvalue weighted by molar-refractivity contribution is 0.104. The zero-order valence-corrected chi connectivity index (χ0v) is 18.5. The topological polar surface area (TPSA) is 85.5 Å². The quantitative estimate of drug-likeness (QED) is 0.609. The molecule has 1 aliphatic heterocycles. The van der Waals surface area contributed by atoms with Gasteiger partial charge in [-0.1, -0.05) is 11.2 Å². The van der Waals surface area contributed by atoms with E-state index in [4.69, 9.17) is 9.26 Å². The minimum atomic E-state index is -3.55. The molecule has 0 spiro atoms. The van der Waals surface area contributed by atoms with Crippen LogP contribution in [0.1, 0.15) is 49.4 Å². The predicted molar refractivity (Wildman–Crippen MR) is 112 cm³/mol. The molecule has 0 N–H and O–H groups in total. The van der Waals surface area contributed by atoms with Gasteiger partial charge in [0.25, 0.3) is 0 Å². The standard InChI is InChI=1S/C22H28FN3O4S/c1-31(27,28)20-5-2-14(10-19(20)23)12-29-13-17-11-18(17)15-6-8-26(9-7-15)22-24-21(25-30-22)16-3-4-16/h2,5,10,15-18H,3-4,6-9,11-13H2,1H3/t17-,18+/m0/s1. The van der Waals surface area contributed by atoms with Gasteiger partial charge in [-0.3, -0.25) is 0 Å². The van der Waals surface area contributed by atoms with Gasteiger partial charge in [-0.25, -0.2) is 12.8 Å². The van der Waals surface area contributed by atoms with E-state index in [1.165, 1.54) is 31.4 Å². The highest BCUT2D eigenvalue weighted by molar-refractivity contribution is 7.90. The Morgan fingerprint density at radius 2 is 2.00 bits per heavy atom. The molecule has 1 saturated heterocycles. The van der Waals surface area contributed by atoms with Crippen LogP contribution in [0.5, 0.6) is 0 Å². The van der Waals surface area contributed by atoms with E-state index < -0.39 is 15.7 Å². The molecule has 2 saturated carbocycles. The molecule has 7 nitrogen and oxygen atoms in total. The van der Waals surface area contributed by atoms with Crippen molar-refractivity contribution in [1.29, 1.82) is 0 Å². The Balaban J connectivity index is 1.05. The Bertz CT molecular complexity index is 1040. The lowest BCUT2D eigenvalue weighted by atomic mass is 9.91.